The Morgan fingerprint density at radius 2 is 0.733 bits per heavy atom. The maximum atomic E-state index is 9.67. The smallest absolute Gasteiger partial charge is 0.0991 e. The van der Waals surface area contributed by atoms with Crippen molar-refractivity contribution in [1.82, 2.24) is 0 Å². The lowest BCUT2D eigenvalue weighted by Crippen LogP contribution is -1.92. The largest absolute Gasteiger partial charge is 0.192 e. The van der Waals surface area contributed by atoms with E-state index in [1.54, 1.807) is 0 Å². The van der Waals surface area contributed by atoms with Crippen LogP contribution in [-0.2, 0) is 0 Å². The molecular weight excluding hydrogens is 727 g/mol. The summed E-state index contributed by atoms with van der Waals surface area (Å²) < 4.78 is 0. The van der Waals surface area contributed by atoms with Gasteiger partial charge >= 0.3 is 0 Å². The molecule has 0 saturated heterocycles. The van der Waals surface area contributed by atoms with Crippen molar-refractivity contribution >= 4 is 43.1 Å². The van der Waals surface area contributed by atoms with Crippen molar-refractivity contribution in [3.63, 3.8) is 0 Å². The normalized spacial score (nSPS) is 11.4. The molecule has 10 aromatic rings. The second-order valence-corrected chi connectivity index (χ2v) is 15.9. The van der Waals surface area contributed by atoms with Crippen molar-refractivity contribution in [3.8, 4) is 85.0 Å². The van der Waals surface area contributed by atoms with Crippen molar-refractivity contribution in [1.29, 1.82) is 15.8 Å². The van der Waals surface area contributed by atoms with Gasteiger partial charge in [-0.25, -0.2) is 0 Å². The first-order valence-corrected chi connectivity index (χ1v) is 20.1. The van der Waals surface area contributed by atoms with Crippen molar-refractivity contribution < 1.29 is 0 Å². The lowest BCUT2D eigenvalue weighted by molar-refractivity contribution is 1.38. The highest BCUT2D eigenvalue weighted by atomic mass is 14.3. The molecule has 3 heteroatoms. The third-order valence-electron chi connectivity index (χ3n) is 12.5. The van der Waals surface area contributed by atoms with Gasteiger partial charge in [-0.05, 0) is 195 Å². The molecule has 0 bridgehead atoms. The van der Waals surface area contributed by atoms with Crippen molar-refractivity contribution in [2.24, 2.45) is 0 Å². The molecule has 276 valence electrons. The summed E-state index contributed by atoms with van der Waals surface area (Å²) >= 11 is 0. The summed E-state index contributed by atoms with van der Waals surface area (Å²) in [5.74, 6) is 0. The van der Waals surface area contributed by atoms with Crippen LogP contribution in [0.1, 0.15) is 27.8 Å². The molecule has 0 aromatic heterocycles. The molecule has 0 heterocycles. The first kappa shape index (κ1) is 34.9. The summed E-state index contributed by atoms with van der Waals surface area (Å²) in [6.45, 7) is 4.40. The van der Waals surface area contributed by atoms with E-state index < -0.39 is 0 Å². The second-order valence-electron chi connectivity index (χ2n) is 15.9. The molecular formula is C57H33N3. The van der Waals surface area contributed by atoms with Crippen LogP contribution in [0.15, 0.2) is 164 Å². The summed E-state index contributed by atoms with van der Waals surface area (Å²) in [6.07, 6.45) is 0. The van der Waals surface area contributed by atoms with E-state index in [2.05, 4.69) is 147 Å². The molecule has 10 aromatic carbocycles. The van der Waals surface area contributed by atoms with Crippen LogP contribution in [0.25, 0.3) is 110 Å². The third kappa shape index (κ3) is 5.26. The third-order valence-corrected chi connectivity index (χ3v) is 12.5. The van der Waals surface area contributed by atoms with E-state index in [0.717, 1.165) is 49.5 Å². The SMILES string of the molecule is Cc1cc(-c2ccc(C#N)cc2)cc(C)c1-c1ccc2c3c(cccc13)-c1cc3c(cc1-2)c(-c1ccc(C#N)cc1)cc1c2ccccc2c(-c2ccc(C#N)cc2)cc31. The molecule has 60 heavy (non-hydrogen) atoms. The minimum atomic E-state index is 0.634. The Morgan fingerprint density at radius 1 is 0.300 bits per heavy atom. The Kier molecular flexibility index (Phi) is 7.80. The summed E-state index contributed by atoms with van der Waals surface area (Å²) in [5.41, 5.74) is 18.3. The molecule has 0 spiro atoms. The quantitative estimate of drug-likeness (QED) is 0.168. The van der Waals surface area contributed by atoms with Crippen LogP contribution in [-0.4, -0.2) is 0 Å². The van der Waals surface area contributed by atoms with Crippen LogP contribution in [0.5, 0.6) is 0 Å². The Bertz CT molecular complexity index is 3590. The van der Waals surface area contributed by atoms with Crippen LogP contribution >= 0.6 is 0 Å². The number of hydrogen-bond acceptors (Lipinski definition) is 3. The minimum absolute atomic E-state index is 0.634. The molecule has 1 aliphatic rings. The van der Waals surface area contributed by atoms with Gasteiger partial charge in [0.15, 0.2) is 0 Å². The lowest BCUT2D eigenvalue weighted by atomic mass is 9.86. The number of rotatable bonds is 4. The number of benzene rings is 10. The van der Waals surface area contributed by atoms with E-state index in [0.29, 0.717) is 16.7 Å². The van der Waals surface area contributed by atoms with E-state index in [4.69, 9.17) is 0 Å². The Hall–Kier alpha value is -8.29. The summed E-state index contributed by atoms with van der Waals surface area (Å²) in [5, 5.41) is 38.0. The van der Waals surface area contributed by atoms with Gasteiger partial charge in [0, 0.05) is 0 Å². The Labute approximate surface area is 347 Å². The van der Waals surface area contributed by atoms with Gasteiger partial charge in [0.1, 0.15) is 0 Å². The van der Waals surface area contributed by atoms with Gasteiger partial charge in [0.05, 0.1) is 34.9 Å². The van der Waals surface area contributed by atoms with E-state index in [9.17, 15) is 15.8 Å². The number of fused-ring (bicyclic) bond motifs is 8. The summed E-state index contributed by atoms with van der Waals surface area (Å²) in [4.78, 5) is 0. The topological polar surface area (TPSA) is 71.4 Å². The predicted molar refractivity (Wildman–Crippen MR) is 246 cm³/mol. The molecule has 0 saturated carbocycles. The zero-order valence-electron chi connectivity index (χ0n) is 32.9. The second kappa shape index (κ2) is 13.4. The fourth-order valence-corrected chi connectivity index (χ4v) is 9.78. The maximum Gasteiger partial charge on any atom is 0.0991 e. The molecule has 3 nitrogen and oxygen atoms in total. The number of nitrogens with zero attached hydrogens (tertiary/aromatic N) is 3. The monoisotopic (exact) mass is 759 g/mol. The fraction of sp³-hybridized carbons (Fsp3) is 0.0351. The number of hydrogen-bond donors (Lipinski definition) is 0. The predicted octanol–water partition coefficient (Wildman–Crippen LogP) is 14.8. The van der Waals surface area contributed by atoms with Gasteiger partial charge in [0.2, 0.25) is 0 Å². The highest BCUT2D eigenvalue weighted by Crippen LogP contribution is 2.53. The van der Waals surface area contributed by atoms with Crippen molar-refractivity contribution in [2.75, 3.05) is 0 Å². The average molecular weight is 760 g/mol. The highest BCUT2D eigenvalue weighted by molar-refractivity contribution is 6.27. The van der Waals surface area contributed by atoms with Gasteiger partial charge in [-0.15, -0.1) is 0 Å². The molecule has 0 radical (unpaired) electrons. The minimum Gasteiger partial charge on any atom is -0.192 e. The zero-order valence-corrected chi connectivity index (χ0v) is 32.9. The van der Waals surface area contributed by atoms with Crippen LogP contribution in [0.4, 0.5) is 0 Å². The van der Waals surface area contributed by atoms with Crippen molar-refractivity contribution in [3.05, 3.63) is 192 Å². The van der Waals surface area contributed by atoms with Gasteiger partial charge < -0.3 is 0 Å². The van der Waals surface area contributed by atoms with Crippen LogP contribution in [0, 0.1) is 47.8 Å². The van der Waals surface area contributed by atoms with E-state index in [1.807, 2.05) is 48.5 Å². The highest BCUT2D eigenvalue weighted by Gasteiger charge is 2.26. The number of aryl methyl sites for hydroxylation is 2. The molecule has 11 rings (SSSR count). The van der Waals surface area contributed by atoms with Crippen LogP contribution in [0.2, 0.25) is 0 Å². The van der Waals surface area contributed by atoms with Crippen LogP contribution in [0.3, 0.4) is 0 Å². The first-order valence-electron chi connectivity index (χ1n) is 20.1. The van der Waals surface area contributed by atoms with Crippen LogP contribution < -0.4 is 0 Å². The molecule has 0 N–H and O–H groups in total. The number of nitriles is 3. The van der Waals surface area contributed by atoms with E-state index >= 15 is 0 Å². The van der Waals surface area contributed by atoms with Crippen molar-refractivity contribution in [2.45, 2.75) is 13.8 Å². The molecule has 0 fully saturated rings. The molecule has 0 aliphatic heterocycles. The maximum absolute atomic E-state index is 9.67. The lowest BCUT2D eigenvalue weighted by Gasteiger charge is -2.18. The van der Waals surface area contributed by atoms with E-state index in [1.165, 1.54) is 71.4 Å². The summed E-state index contributed by atoms with van der Waals surface area (Å²) in [6, 6.07) is 64.4. The van der Waals surface area contributed by atoms with E-state index in [-0.39, 0.29) is 0 Å². The van der Waals surface area contributed by atoms with Gasteiger partial charge in [-0.3, -0.25) is 0 Å². The zero-order chi connectivity index (χ0) is 40.6. The Balaban J connectivity index is 1.16. The Morgan fingerprint density at radius 3 is 1.32 bits per heavy atom. The van der Waals surface area contributed by atoms with Gasteiger partial charge in [-0.2, -0.15) is 15.8 Å². The summed E-state index contributed by atoms with van der Waals surface area (Å²) in [7, 11) is 0. The molecule has 0 amide bonds. The molecule has 0 unspecified atom stereocenters. The molecule has 1 aliphatic carbocycles. The molecule has 0 atom stereocenters. The van der Waals surface area contributed by atoms with Gasteiger partial charge in [0.25, 0.3) is 0 Å². The first-order chi connectivity index (χ1) is 29.4. The fourth-order valence-electron chi connectivity index (χ4n) is 9.78. The standard InChI is InChI=1S/C57H33N3/c1-33-24-41(38-16-10-35(30-58)11-17-38)25-34(2)56(33)46-22-23-47-52-28-53-49(40-20-14-37(32-60)15-21-40)27-50-43-7-4-3-6-42(43)48(39-18-12-36(31-59)13-19-39)26-54(50)55(53)29-51(52)45-9-5-8-44(46)57(45)47/h3-29H,1-2H3. The van der Waals surface area contributed by atoms with Gasteiger partial charge in [-0.1, -0.05) is 103 Å². The average Bonchev–Trinajstić information content (AvgIpc) is 3.61.